The minimum absolute atomic E-state index is 0.0432. The summed E-state index contributed by atoms with van der Waals surface area (Å²) in [6.45, 7) is 1.60. The molecule has 1 saturated heterocycles. The summed E-state index contributed by atoms with van der Waals surface area (Å²) in [7, 11) is 3.99. The van der Waals surface area contributed by atoms with Crippen LogP contribution in [0.4, 0.5) is 0 Å². The van der Waals surface area contributed by atoms with Crippen LogP contribution in [0, 0.1) is 0 Å². The summed E-state index contributed by atoms with van der Waals surface area (Å²) >= 11 is 0. The molecule has 0 spiro atoms. The number of amides is 1. The molecule has 4 rings (SSSR count). The van der Waals surface area contributed by atoms with E-state index in [0.29, 0.717) is 11.7 Å². The van der Waals surface area contributed by atoms with Gasteiger partial charge in [0.15, 0.2) is 0 Å². The zero-order valence-electron chi connectivity index (χ0n) is 14.4. The highest BCUT2D eigenvalue weighted by molar-refractivity contribution is 5.92. The van der Waals surface area contributed by atoms with Crippen molar-refractivity contribution in [3.63, 3.8) is 0 Å². The Morgan fingerprint density at radius 1 is 1.32 bits per heavy atom. The average Bonchev–Trinajstić information content (AvgIpc) is 3.24. The number of H-pyrrole nitrogens is 1. The predicted molar refractivity (Wildman–Crippen MR) is 91.5 cm³/mol. The fraction of sp³-hybridized carbons (Fsp3) is 0.529. The molecule has 2 atom stereocenters. The van der Waals surface area contributed by atoms with Crippen molar-refractivity contribution in [2.24, 2.45) is 7.05 Å². The summed E-state index contributed by atoms with van der Waals surface area (Å²) in [4.78, 5) is 38.0. The van der Waals surface area contributed by atoms with E-state index in [4.69, 9.17) is 0 Å². The van der Waals surface area contributed by atoms with Gasteiger partial charge in [0, 0.05) is 49.9 Å². The number of hydrogen-bond donors (Lipinski definition) is 2. The topological polar surface area (TPSA) is 95.9 Å². The van der Waals surface area contributed by atoms with Crippen LogP contribution in [0.5, 0.6) is 0 Å². The Balaban J connectivity index is 1.55. The third-order valence-corrected chi connectivity index (χ3v) is 5.01. The number of carbonyl (C=O) groups is 1. The Bertz CT molecular complexity index is 853. The van der Waals surface area contributed by atoms with Gasteiger partial charge in [0.05, 0.1) is 12.4 Å². The number of nitrogens with zero attached hydrogens (tertiary/aromatic N) is 4. The minimum Gasteiger partial charge on any atom is -0.346 e. The number of nitrogens with one attached hydrogen (secondary N) is 2. The molecule has 1 saturated carbocycles. The zero-order chi connectivity index (χ0) is 17.6. The van der Waals surface area contributed by atoms with Gasteiger partial charge in [-0.05, 0) is 19.9 Å². The van der Waals surface area contributed by atoms with Crippen LogP contribution in [0.3, 0.4) is 0 Å². The van der Waals surface area contributed by atoms with E-state index in [-0.39, 0.29) is 29.1 Å². The van der Waals surface area contributed by atoms with Crippen molar-refractivity contribution in [3.05, 3.63) is 46.2 Å². The largest absolute Gasteiger partial charge is 0.346 e. The molecule has 132 valence electrons. The van der Waals surface area contributed by atoms with E-state index in [0.717, 1.165) is 31.6 Å². The molecule has 2 aliphatic rings. The Hall–Kier alpha value is -2.48. The van der Waals surface area contributed by atoms with Crippen molar-refractivity contribution in [2.45, 2.75) is 30.7 Å². The lowest BCUT2D eigenvalue weighted by Crippen LogP contribution is -2.40. The minimum atomic E-state index is -0.291. The van der Waals surface area contributed by atoms with Crippen molar-refractivity contribution >= 4 is 5.91 Å². The lowest BCUT2D eigenvalue weighted by atomic mass is 10.00. The molecule has 1 amide bonds. The molecule has 1 aliphatic heterocycles. The standard InChI is InChI=1S/C17H22N6O2/c1-22-7-11(14-6-18-9-23(14)2)13(8-22)20-17(25)12-5-15(24)21-16(19-12)10-3-4-10/h5-6,9-11,13H,3-4,7-8H2,1-2H3,(H,20,25)(H,19,21,24)/t11-,13-/m1/s1. The van der Waals surface area contributed by atoms with E-state index in [9.17, 15) is 9.59 Å². The third-order valence-electron chi connectivity index (χ3n) is 5.01. The molecular weight excluding hydrogens is 320 g/mol. The van der Waals surface area contributed by atoms with E-state index in [1.54, 1.807) is 6.33 Å². The number of aromatic amines is 1. The number of likely N-dealkylation sites (N-methyl/N-ethyl adjacent to an activating group) is 1. The predicted octanol–water partition coefficient (Wildman–Crippen LogP) is 0.208. The SMILES string of the molecule is CN1C[C@@H](NC(=O)c2cc(=O)[nH]c(C3CC3)n2)[C@H](c2cncn2C)C1. The van der Waals surface area contributed by atoms with Crippen LogP contribution in [-0.2, 0) is 7.05 Å². The second-order valence-corrected chi connectivity index (χ2v) is 7.13. The molecule has 0 unspecified atom stereocenters. The highest BCUT2D eigenvalue weighted by atomic mass is 16.2. The van der Waals surface area contributed by atoms with Gasteiger partial charge in [0.25, 0.3) is 11.5 Å². The first-order valence-electron chi connectivity index (χ1n) is 8.58. The van der Waals surface area contributed by atoms with Crippen LogP contribution < -0.4 is 10.9 Å². The highest BCUT2D eigenvalue weighted by Gasteiger charge is 2.35. The van der Waals surface area contributed by atoms with Crippen molar-refractivity contribution in [3.8, 4) is 0 Å². The van der Waals surface area contributed by atoms with Crippen LogP contribution >= 0.6 is 0 Å². The Labute approximate surface area is 145 Å². The first kappa shape index (κ1) is 16.0. The fourth-order valence-electron chi connectivity index (χ4n) is 3.56. The molecule has 0 aromatic carbocycles. The molecule has 0 radical (unpaired) electrons. The quantitative estimate of drug-likeness (QED) is 0.828. The number of hydrogen-bond acceptors (Lipinski definition) is 5. The van der Waals surface area contributed by atoms with Crippen molar-refractivity contribution < 1.29 is 4.79 Å². The number of aryl methyl sites for hydroxylation is 1. The van der Waals surface area contributed by atoms with Crippen LogP contribution in [0.15, 0.2) is 23.4 Å². The maximum atomic E-state index is 12.7. The van der Waals surface area contributed by atoms with Gasteiger partial charge in [-0.25, -0.2) is 9.97 Å². The first-order valence-corrected chi connectivity index (χ1v) is 8.58. The van der Waals surface area contributed by atoms with Gasteiger partial charge in [-0.1, -0.05) is 0 Å². The zero-order valence-corrected chi connectivity index (χ0v) is 14.4. The van der Waals surface area contributed by atoms with Gasteiger partial charge >= 0.3 is 0 Å². The van der Waals surface area contributed by atoms with Crippen molar-refractivity contribution in [1.29, 1.82) is 0 Å². The van der Waals surface area contributed by atoms with Crippen LogP contribution in [0.1, 0.15) is 46.7 Å². The molecule has 25 heavy (non-hydrogen) atoms. The van der Waals surface area contributed by atoms with Gasteiger partial charge < -0.3 is 19.8 Å². The number of carbonyl (C=O) groups excluding carboxylic acids is 1. The van der Waals surface area contributed by atoms with E-state index < -0.39 is 0 Å². The molecule has 2 aromatic heterocycles. The molecule has 1 aliphatic carbocycles. The van der Waals surface area contributed by atoms with E-state index in [1.165, 1.54) is 6.07 Å². The maximum absolute atomic E-state index is 12.7. The molecule has 8 nitrogen and oxygen atoms in total. The van der Waals surface area contributed by atoms with Crippen molar-refractivity contribution in [1.82, 2.24) is 29.7 Å². The normalized spacial score (nSPS) is 23.8. The number of likely N-dealkylation sites (tertiary alicyclic amines) is 1. The summed E-state index contributed by atoms with van der Waals surface area (Å²) in [5, 5.41) is 3.07. The molecule has 8 heteroatoms. The summed E-state index contributed by atoms with van der Waals surface area (Å²) in [5.41, 5.74) is 1.02. The lowest BCUT2D eigenvalue weighted by Gasteiger charge is -2.20. The first-order chi connectivity index (χ1) is 12.0. The molecular formula is C17H22N6O2. The second kappa shape index (κ2) is 6.11. The Morgan fingerprint density at radius 2 is 2.12 bits per heavy atom. The molecule has 2 aromatic rings. The summed E-state index contributed by atoms with van der Waals surface area (Å²) in [6.07, 6.45) is 5.65. The van der Waals surface area contributed by atoms with Gasteiger partial charge in [-0.15, -0.1) is 0 Å². The fourth-order valence-corrected chi connectivity index (χ4v) is 3.56. The Morgan fingerprint density at radius 3 is 2.80 bits per heavy atom. The van der Waals surface area contributed by atoms with E-state index >= 15 is 0 Å². The average molecular weight is 342 g/mol. The number of rotatable bonds is 4. The number of imidazole rings is 1. The van der Waals surface area contributed by atoms with Gasteiger partial charge in [-0.3, -0.25) is 9.59 Å². The monoisotopic (exact) mass is 342 g/mol. The molecule has 0 bridgehead atoms. The van der Waals surface area contributed by atoms with Crippen LogP contribution in [-0.4, -0.2) is 56.5 Å². The van der Waals surface area contributed by atoms with Crippen LogP contribution in [0.25, 0.3) is 0 Å². The van der Waals surface area contributed by atoms with Gasteiger partial charge in [0.2, 0.25) is 0 Å². The van der Waals surface area contributed by atoms with Crippen molar-refractivity contribution in [2.75, 3.05) is 20.1 Å². The molecule has 2 N–H and O–H groups in total. The smallest absolute Gasteiger partial charge is 0.270 e. The second-order valence-electron chi connectivity index (χ2n) is 7.13. The molecule has 3 heterocycles. The lowest BCUT2D eigenvalue weighted by molar-refractivity contribution is 0.0929. The van der Waals surface area contributed by atoms with E-state index in [1.807, 2.05) is 24.9 Å². The third kappa shape index (κ3) is 3.21. The maximum Gasteiger partial charge on any atom is 0.270 e. The molecule has 2 fully saturated rings. The van der Waals surface area contributed by atoms with Gasteiger partial charge in [0.1, 0.15) is 11.5 Å². The summed E-state index contributed by atoms with van der Waals surface area (Å²) < 4.78 is 1.99. The summed E-state index contributed by atoms with van der Waals surface area (Å²) in [6, 6.07) is 1.23. The number of aromatic nitrogens is 4. The Kier molecular flexibility index (Phi) is 3.91. The van der Waals surface area contributed by atoms with Gasteiger partial charge in [-0.2, -0.15) is 0 Å². The van der Waals surface area contributed by atoms with E-state index in [2.05, 4.69) is 25.2 Å². The summed E-state index contributed by atoms with van der Waals surface area (Å²) in [5.74, 6) is 0.788. The highest BCUT2D eigenvalue weighted by Crippen LogP contribution is 2.37. The van der Waals surface area contributed by atoms with Crippen LogP contribution in [0.2, 0.25) is 0 Å².